The van der Waals surface area contributed by atoms with Crippen molar-refractivity contribution >= 4 is 150 Å². The summed E-state index contributed by atoms with van der Waals surface area (Å²) in [6, 6.07) is 7.51. The van der Waals surface area contributed by atoms with Crippen LogP contribution in [0.3, 0.4) is 0 Å². The van der Waals surface area contributed by atoms with Crippen LogP contribution in [-0.2, 0) is 32.5 Å². The molecule has 0 saturated heterocycles. The van der Waals surface area contributed by atoms with Crippen molar-refractivity contribution in [2.24, 2.45) is 17.8 Å². The maximum atomic E-state index is 13.7. The van der Waals surface area contributed by atoms with Crippen molar-refractivity contribution in [2.45, 2.75) is 125 Å². The number of imidazole rings is 1. The fourth-order valence-electron chi connectivity index (χ4n) is 8.24. The van der Waals surface area contributed by atoms with E-state index in [-0.39, 0.29) is 82.8 Å². The van der Waals surface area contributed by atoms with Crippen LogP contribution in [0.2, 0.25) is 0 Å². The summed E-state index contributed by atoms with van der Waals surface area (Å²) >= 11 is 6.83. The van der Waals surface area contributed by atoms with Gasteiger partial charge >= 0.3 is 29.5 Å². The minimum absolute atomic E-state index is 0. The van der Waals surface area contributed by atoms with Crippen molar-refractivity contribution in [3.05, 3.63) is 152 Å². The van der Waals surface area contributed by atoms with E-state index in [1.54, 1.807) is 69.0 Å². The van der Waals surface area contributed by atoms with Gasteiger partial charge in [-0.25, -0.2) is 62.4 Å². The number of hydrogen-bond donors (Lipinski definition) is 7. The number of anilines is 4. The summed E-state index contributed by atoms with van der Waals surface area (Å²) in [5, 5.41) is 16.8. The predicted molar refractivity (Wildman–Crippen MR) is 363 cm³/mol. The number of aryl methyl sites for hydroxylation is 1. The highest BCUT2D eigenvalue weighted by molar-refractivity contribution is 9.11. The third-order valence-electron chi connectivity index (χ3n) is 11.9. The van der Waals surface area contributed by atoms with Crippen LogP contribution in [0, 0.1) is 27.1 Å². The van der Waals surface area contributed by atoms with Crippen LogP contribution in [-0.4, -0.2) is 99.0 Å². The van der Waals surface area contributed by atoms with Crippen molar-refractivity contribution in [3.8, 4) is 0 Å². The lowest BCUT2D eigenvalue weighted by Gasteiger charge is -2.26. The quantitative estimate of drug-likeness (QED) is 0.0467. The molecular weight excluding hydrogens is 1430 g/mol. The number of nitrogens with two attached hydrogens (primary N) is 1. The number of para-hydroxylation sites is 1. The van der Waals surface area contributed by atoms with Gasteiger partial charge in [-0.3, -0.25) is 25.0 Å². The Morgan fingerprint density at radius 2 is 1.20 bits per heavy atom. The van der Waals surface area contributed by atoms with Gasteiger partial charge < -0.3 is 40.2 Å². The fraction of sp³-hybridized carbons (Fsp3) is 0.375. The number of rotatable bonds is 11. The van der Waals surface area contributed by atoms with Gasteiger partial charge in [0.1, 0.15) is 45.0 Å². The lowest BCUT2D eigenvalue weighted by molar-refractivity contribution is -0.141. The summed E-state index contributed by atoms with van der Waals surface area (Å²) in [7, 11) is 2.65. The minimum Gasteiger partial charge on any atom is -0.480 e. The van der Waals surface area contributed by atoms with Gasteiger partial charge in [-0.2, -0.15) is 18.0 Å². The highest BCUT2D eigenvalue weighted by atomic mass is 79.9. The molecule has 2 unspecified atom stereocenters. The Hall–Kier alpha value is -8.23. The number of H-pyrrole nitrogens is 2. The van der Waals surface area contributed by atoms with E-state index in [4.69, 9.17) is 15.2 Å². The third kappa shape index (κ3) is 26.3. The molecule has 2 atom stereocenters. The molecule has 9 aromatic rings. The molecule has 1 aliphatic rings. The molecule has 7 aromatic heterocycles. The second kappa shape index (κ2) is 38.2. The summed E-state index contributed by atoms with van der Waals surface area (Å²) in [4.78, 5) is 124. The number of halogens is 7. The first kappa shape index (κ1) is 81.9. The molecule has 0 spiro atoms. The molecule has 512 valence electrons. The van der Waals surface area contributed by atoms with E-state index < -0.39 is 85.9 Å². The highest BCUT2D eigenvalue weighted by Gasteiger charge is 2.31. The normalized spacial score (nSPS) is 12.3. The Bertz CT molecular complexity index is 4120. The number of aliphatic carboxylic acids is 1. The van der Waals surface area contributed by atoms with E-state index in [9.17, 15) is 65.5 Å². The van der Waals surface area contributed by atoms with Gasteiger partial charge in [-0.05, 0) is 100 Å². The number of carboxylic acids is 1. The molecule has 1 saturated carbocycles. The number of carbonyl (C=O) groups is 4. The molecular formula is C56H70BrClF5N15O11S4Si. The minimum atomic E-state index is -1.34. The lowest BCUT2D eigenvalue weighted by Crippen LogP contribution is -2.43. The van der Waals surface area contributed by atoms with Crippen LogP contribution in [0.15, 0.2) is 107 Å². The van der Waals surface area contributed by atoms with Crippen molar-refractivity contribution in [1.29, 1.82) is 0 Å². The maximum absolute atomic E-state index is 13.7. The van der Waals surface area contributed by atoms with E-state index in [1.165, 1.54) is 23.6 Å². The summed E-state index contributed by atoms with van der Waals surface area (Å²) in [5.41, 5.74) is 1.68. The van der Waals surface area contributed by atoms with E-state index in [0.29, 0.717) is 27.8 Å². The third-order valence-corrected chi connectivity index (χ3v) is 15.3. The summed E-state index contributed by atoms with van der Waals surface area (Å²) in [6.07, 6.45) is 12.0. The zero-order chi connectivity index (χ0) is 67.3. The second-order valence-corrected chi connectivity index (χ2v) is 26.6. The smallest absolute Gasteiger partial charge is 0.413 e. The lowest BCUT2D eigenvalue weighted by atomic mass is 9.84. The van der Waals surface area contributed by atoms with Gasteiger partial charge in [0.2, 0.25) is 5.91 Å². The van der Waals surface area contributed by atoms with Gasteiger partial charge in [0.05, 0.1) is 50.4 Å². The Morgan fingerprint density at radius 1 is 0.723 bits per heavy atom. The molecule has 94 heavy (non-hydrogen) atoms. The average Bonchev–Trinajstić information content (AvgIpc) is 1.00. The van der Waals surface area contributed by atoms with Gasteiger partial charge in [0, 0.05) is 25.9 Å². The predicted octanol–water partition coefficient (Wildman–Crippen LogP) is 12.0. The Balaban J connectivity index is 0.000000418. The molecule has 26 nitrogen and oxygen atoms in total. The number of nitrogen functional groups attached to an aromatic ring is 1. The number of carbonyl (C=O) groups excluding carboxylic acids is 3. The summed E-state index contributed by atoms with van der Waals surface area (Å²) in [5.74, 6) is -1.88. The van der Waals surface area contributed by atoms with Crippen LogP contribution in [0.25, 0.3) is 21.8 Å². The van der Waals surface area contributed by atoms with Crippen LogP contribution in [0.5, 0.6) is 0 Å². The van der Waals surface area contributed by atoms with Gasteiger partial charge in [-0.1, -0.05) is 109 Å². The van der Waals surface area contributed by atoms with E-state index in [2.05, 4.69) is 66.8 Å². The van der Waals surface area contributed by atoms with Crippen LogP contribution in [0.4, 0.5) is 52.2 Å². The van der Waals surface area contributed by atoms with Gasteiger partial charge in [-0.15, -0.1) is 12.4 Å². The molecule has 7 heterocycles. The molecule has 0 radical (unpaired) electrons. The van der Waals surface area contributed by atoms with Crippen molar-refractivity contribution < 1.29 is 55.8 Å². The van der Waals surface area contributed by atoms with Crippen LogP contribution in [0.1, 0.15) is 113 Å². The van der Waals surface area contributed by atoms with E-state index in [1.807, 2.05) is 25.6 Å². The number of benzene rings is 2. The first-order valence-electron chi connectivity index (χ1n) is 26.8. The Morgan fingerprint density at radius 3 is 1.65 bits per heavy atom. The first-order valence-corrected chi connectivity index (χ1v) is 31.5. The number of nitrogens with one attached hydrogen (secondary N) is 5. The van der Waals surface area contributed by atoms with Crippen molar-refractivity contribution in [2.75, 3.05) is 21.7 Å². The van der Waals surface area contributed by atoms with Gasteiger partial charge in [0.15, 0.2) is 35.9 Å². The van der Waals surface area contributed by atoms with Gasteiger partial charge in [0.25, 0.3) is 11.1 Å². The maximum Gasteiger partial charge on any atom is 0.413 e. The number of amides is 3. The number of ether oxygens (including phenoxy) is 2. The molecule has 0 bridgehead atoms. The zero-order valence-corrected chi connectivity index (χ0v) is 56.9. The molecule has 1 fully saturated rings. The SMILES string of the molecule is C.C.CC(C)(C)OC(=O)Nc1ncc(Br)s1.CC(C)(C)OC(=O)Nc1ncc(F)s1.Cl.Cn1ccnc1CC(C(=O)O)n1c(=O)[nH]c2ccccc2c1=O.FN=[SiH2].Nc1ncc(F)s1.O=C(Nc1ncc(F)s1)C(CC1CCCCC1)n1c(=O)[nH]c2ccc(F)cc2c1=O. The van der Waals surface area contributed by atoms with Crippen molar-refractivity contribution in [3.63, 3.8) is 0 Å². The largest absolute Gasteiger partial charge is 0.480 e. The van der Waals surface area contributed by atoms with E-state index in [0.717, 1.165) is 108 Å². The zero-order valence-electron chi connectivity index (χ0n) is 49.8. The van der Waals surface area contributed by atoms with Crippen LogP contribution >= 0.6 is 73.7 Å². The Kier molecular flexibility index (Phi) is 33.3. The second-order valence-electron chi connectivity index (χ2n) is 21.0. The van der Waals surface area contributed by atoms with Crippen molar-refractivity contribution in [1.82, 2.24) is 48.6 Å². The molecule has 8 N–H and O–H groups in total. The topological polar surface area (TPSA) is 361 Å². The molecule has 10 rings (SSSR count). The van der Waals surface area contributed by atoms with Crippen LogP contribution < -0.4 is 44.2 Å². The standard InChI is InChI=1S/C20H20F2N4O3S.C15H14N4O4.C8H11BrN2O2S.C8H11FN2O2S.C3H3FN2S.2CH4.ClH.FH2NSi/c21-12-6-7-14-13(9-12)18(28)26(20(29)24-14)15(8-11-4-2-1-3-5-11)17(27)25-19-23-10-16(22)30-19;1-18-7-6-16-12(18)8-11(14(21)22)19-13(20)9-4-2-3-5-10(9)17-15(19)23;2*1-8(2,3)13-7(12)11-6-10-4-5(9)14-6;4-2-1-6-3(5)7-2;;;;1-2-3/h6-7,9-11,15H,1-5,8H2,(H,24,29)(H,23,25,27);2-7,11H,8H2,1H3,(H,17,23)(H,21,22);2*4H,1-3H3,(H,10,11,12);1H,(H2,5,6);2*1H4;1H;3H2. The summed E-state index contributed by atoms with van der Waals surface area (Å²) in [6.45, 7) is 10.7. The first-order chi connectivity index (χ1) is 42.8. The molecule has 1 aliphatic carbocycles. The average molecular weight is 1500 g/mol. The summed E-state index contributed by atoms with van der Waals surface area (Å²) < 4.78 is 75.3. The number of hydrogen-bond acceptors (Lipinski definition) is 21. The number of aromatic nitrogens is 10. The number of nitrogens with zero attached hydrogens (tertiary/aromatic N) is 9. The number of thiazole rings is 4. The number of carboxylic acid groups (broad SMARTS) is 1. The van der Waals surface area contributed by atoms with E-state index >= 15 is 0 Å². The molecule has 3 amide bonds. The Labute approximate surface area is 567 Å². The highest BCUT2D eigenvalue weighted by Crippen LogP contribution is 2.32. The number of aromatic amines is 2. The molecule has 0 aliphatic heterocycles. The molecule has 38 heteroatoms. The molecule has 2 aromatic carbocycles. The fourth-order valence-corrected chi connectivity index (χ4v) is 10.8. The monoisotopic (exact) mass is 1490 g/mol. The number of fused-ring (bicyclic) bond motifs is 2.